The summed E-state index contributed by atoms with van der Waals surface area (Å²) in [5, 5.41) is 0. The number of aryl methyl sites for hydroxylation is 1. The molecule has 0 fully saturated rings. The van der Waals surface area contributed by atoms with Crippen molar-refractivity contribution in [1.29, 1.82) is 0 Å². The maximum atomic E-state index is 5.61. The Kier molecular flexibility index (Phi) is 4.28. The van der Waals surface area contributed by atoms with E-state index < -0.39 is 6.29 Å². The van der Waals surface area contributed by atoms with Crippen LogP contribution in [0.3, 0.4) is 0 Å². The van der Waals surface area contributed by atoms with Crippen LogP contribution < -0.4 is 0 Å². The average Bonchev–Trinajstić information content (AvgIpc) is 2.76. The highest BCUT2D eigenvalue weighted by Gasteiger charge is 2.20. The lowest BCUT2D eigenvalue weighted by atomic mass is 10.4. The summed E-state index contributed by atoms with van der Waals surface area (Å²) in [6.45, 7) is 7.93. The van der Waals surface area contributed by atoms with Crippen molar-refractivity contribution in [2.75, 3.05) is 13.2 Å². The Morgan fingerprint density at radius 1 is 1.22 bits per heavy atom. The van der Waals surface area contributed by atoms with E-state index in [0.717, 1.165) is 23.5 Å². The largest absolute Gasteiger partial charge is 0.346 e. The first kappa shape index (κ1) is 13.0. The van der Waals surface area contributed by atoms with Gasteiger partial charge in [-0.25, -0.2) is 9.97 Å². The Bertz CT molecular complexity index is 504. The lowest BCUT2D eigenvalue weighted by Crippen LogP contribution is -2.15. The Morgan fingerprint density at radius 2 is 1.94 bits per heavy atom. The molecule has 0 saturated heterocycles. The van der Waals surface area contributed by atoms with Crippen LogP contribution in [-0.2, 0) is 16.0 Å². The van der Waals surface area contributed by atoms with Crippen molar-refractivity contribution in [3.8, 4) is 0 Å². The molecule has 0 aromatic carbocycles. The van der Waals surface area contributed by atoms with E-state index in [1.165, 1.54) is 0 Å². The maximum Gasteiger partial charge on any atom is 0.217 e. The normalized spacial score (nSPS) is 11.6. The van der Waals surface area contributed by atoms with Crippen LogP contribution in [0.4, 0.5) is 0 Å². The highest BCUT2D eigenvalue weighted by Crippen LogP contribution is 2.22. The molecule has 0 N–H and O–H groups in total. The topological polar surface area (TPSA) is 49.2 Å². The van der Waals surface area contributed by atoms with E-state index in [1.807, 2.05) is 30.5 Å². The van der Waals surface area contributed by atoms with E-state index in [1.54, 1.807) is 6.20 Å². The molecule has 0 saturated carbocycles. The lowest BCUT2D eigenvalue weighted by molar-refractivity contribution is -0.146. The van der Waals surface area contributed by atoms with Crippen molar-refractivity contribution >= 4 is 11.2 Å². The zero-order valence-corrected chi connectivity index (χ0v) is 11.1. The standard InChI is InChI=1S/C13H19N3O2/c1-4-16-11-10(8-7-9-14-11)15-12(16)13(17-5-2)18-6-3/h7-9,13H,4-6H2,1-3H3. The van der Waals surface area contributed by atoms with E-state index in [0.29, 0.717) is 13.2 Å². The molecule has 2 aromatic heterocycles. The number of rotatable bonds is 6. The molecule has 2 heterocycles. The van der Waals surface area contributed by atoms with Crippen molar-refractivity contribution in [2.45, 2.75) is 33.6 Å². The number of aromatic nitrogens is 3. The molecule has 2 aromatic rings. The number of hydrogen-bond donors (Lipinski definition) is 0. The summed E-state index contributed by atoms with van der Waals surface area (Å²) in [6, 6.07) is 3.84. The Balaban J connectivity index is 2.47. The Labute approximate surface area is 107 Å². The molecule has 5 nitrogen and oxygen atoms in total. The fourth-order valence-corrected chi connectivity index (χ4v) is 1.97. The third kappa shape index (κ3) is 2.37. The van der Waals surface area contributed by atoms with Crippen LogP contribution in [0.25, 0.3) is 11.2 Å². The SMILES string of the molecule is CCOC(OCC)c1nc2cccnc2n1CC. The molecular weight excluding hydrogens is 230 g/mol. The number of hydrogen-bond acceptors (Lipinski definition) is 4. The molecule has 0 aliphatic carbocycles. The van der Waals surface area contributed by atoms with E-state index in [4.69, 9.17) is 9.47 Å². The minimum atomic E-state index is -0.422. The van der Waals surface area contributed by atoms with Crippen LogP contribution in [0.5, 0.6) is 0 Å². The number of ether oxygens (including phenoxy) is 2. The van der Waals surface area contributed by atoms with Gasteiger partial charge in [0.25, 0.3) is 0 Å². The summed E-state index contributed by atoms with van der Waals surface area (Å²) in [5.41, 5.74) is 1.75. The second-order valence-electron chi connectivity index (χ2n) is 3.80. The van der Waals surface area contributed by atoms with Crippen LogP contribution in [0.2, 0.25) is 0 Å². The monoisotopic (exact) mass is 249 g/mol. The summed E-state index contributed by atoms with van der Waals surface area (Å²) in [4.78, 5) is 8.94. The molecular formula is C13H19N3O2. The van der Waals surface area contributed by atoms with Gasteiger partial charge < -0.3 is 14.0 Å². The molecule has 0 aliphatic heterocycles. The van der Waals surface area contributed by atoms with Crippen molar-refractivity contribution in [3.05, 3.63) is 24.2 Å². The van der Waals surface area contributed by atoms with Crippen molar-refractivity contribution in [1.82, 2.24) is 14.5 Å². The predicted octanol–water partition coefficient (Wildman–Crippen LogP) is 2.52. The molecule has 0 atom stereocenters. The lowest BCUT2D eigenvalue weighted by Gasteiger charge is -2.17. The molecule has 0 bridgehead atoms. The van der Waals surface area contributed by atoms with Crippen LogP contribution in [-0.4, -0.2) is 27.7 Å². The number of pyridine rings is 1. The zero-order chi connectivity index (χ0) is 13.0. The summed E-state index contributed by atoms with van der Waals surface area (Å²) in [6.07, 6.45) is 1.35. The maximum absolute atomic E-state index is 5.61. The minimum absolute atomic E-state index is 0.422. The highest BCUT2D eigenvalue weighted by atomic mass is 16.7. The summed E-state index contributed by atoms with van der Waals surface area (Å²) < 4.78 is 13.2. The molecule has 5 heteroatoms. The second-order valence-corrected chi connectivity index (χ2v) is 3.80. The highest BCUT2D eigenvalue weighted by molar-refractivity contribution is 5.71. The summed E-state index contributed by atoms with van der Waals surface area (Å²) >= 11 is 0. The zero-order valence-electron chi connectivity index (χ0n) is 11.1. The Morgan fingerprint density at radius 3 is 2.56 bits per heavy atom. The molecule has 0 amide bonds. The van der Waals surface area contributed by atoms with E-state index >= 15 is 0 Å². The van der Waals surface area contributed by atoms with Gasteiger partial charge in [-0.3, -0.25) is 0 Å². The van der Waals surface area contributed by atoms with Gasteiger partial charge in [0, 0.05) is 26.0 Å². The molecule has 2 rings (SSSR count). The van der Waals surface area contributed by atoms with E-state index in [-0.39, 0.29) is 0 Å². The van der Waals surface area contributed by atoms with Gasteiger partial charge in [-0.2, -0.15) is 0 Å². The van der Waals surface area contributed by atoms with Gasteiger partial charge in [-0.05, 0) is 32.9 Å². The fourth-order valence-electron chi connectivity index (χ4n) is 1.97. The van der Waals surface area contributed by atoms with Crippen molar-refractivity contribution in [2.24, 2.45) is 0 Å². The molecule has 0 spiro atoms. The van der Waals surface area contributed by atoms with Gasteiger partial charge in [-0.15, -0.1) is 0 Å². The third-order valence-electron chi connectivity index (χ3n) is 2.70. The molecule has 0 unspecified atom stereocenters. The van der Waals surface area contributed by atoms with Gasteiger partial charge >= 0.3 is 0 Å². The minimum Gasteiger partial charge on any atom is -0.346 e. The first-order valence-corrected chi connectivity index (χ1v) is 6.36. The number of fused-ring (bicyclic) bond motifs is 1. The quantitative estimate of drug-likeness (QED) is 0.738. The number of nitrogens with zero attached hydrogens (tertiary/aromatic N) is 3. The molecule has 18 heavy (non-hydrogen) atoms. The molecule has 0 aliphatic rings. The van der Waals surface area contributed by atoms with E-state index in [2.05, 4.69) is 16.9 Å². The number of imidazole rings is 1. The average molecular weight is 249 g/mol. The fraction of sp³-hybridized carbons (Fsp3) is 0.538. The van der Waals surface area contributed by atoms with Gasteiger partial charge in [0.1, 0.15) is 5.52 Å². The van der Waals surface area contributed by atoms with Crippen molar-refractivity contribution in [3.63, 3.8) is 0 Å². The van der Waals surface area contributed by atoms with Crippen LogP contribution in [0.15, 0.2) is 18.3 Å². The van der Waals surface area contributed by atoms with E-state index in [9.17, 15) is 0 Å². The first-order valence-electron chi connectivity index (χ1n) is 6.36. The third-order valence-corrected chi connectivity index (χ3v) is 2.70. The van der Waals surface area contributed by atoms with Crippen LogP contribution in [0, 0.1) is 0 Å². The second kappa shape index (κ2) is 5.93. The molecule has 98 valence electrons. The van der Waals surface area contributed by atoms with Crippen LogP contribution in [0.1, 0.15) is 32.9 Å². The van der Waals surface area contributed by atoms with Gasteiger partial charge in [0.2, 0.25) is 6.29 Å². The summed E-state index contributed by atoms with van der Waals surface area (Å²) in [7, 11) is 0. The van der Waals surface area contributed by atoms with Gasteiger partial charge in [0.05, 0.1) is 0 Å². The van der Waals surface area contributed by atoms with Crippen LogP contribution >= 0.6 is 0 Å². The smallest absolute Gasteiger partial charge is 0.217 e. The Hall–Kier alpha value is -1.46. The van der Waals surface area contributed by atoms with Gasteiger partial charge in [-0.1, -0.05) is 0 Å². The first-order chi connectivity index (χ1) is 8.81. The molecule has 0 radical (unpaired) electrons. The van der Waals surface area contributed by atoms with Gasteiger partial charge in [0.15, 0.2) is 11.5 Å². The predicted molar refractivity (Wildman–Crippen MR) is 69.2 cm³/mol. The van der Waals surface area contributed by atoms with Crippen molar-refractivity contribution < 1.29 is 9.47 Å². The summed E-state index contributed by atoms with van der Waals surface area (Å²) in [5.74, 6) is 0.787.